The van der Waals surface area contributed by atoms with E-state index >= 15 is 0 Å². The predicted octanol–water partition coefficient (Wildman–Crippen LogP) is 4.25. The normalized spacial score (nSPS) is 23.7. The molecule has 9 heteroatoms. The third kappa shape index (κ3) is 3.76. The average Bonchev–Trinajstić information content (AvgIpc) is 3.41. The van der Waals surface area contributed by atoms with Crippen LogP contribution in [0.3, 0.4) is 0 Å². The molecule has 1 saturated heterocycles. The molecule has 3 atom stereocenters. The molecule has 6 rings (SSSR count). The minimum Gasteiger partial charge on any atom is -0.372 e. The van der Waals surface area contributed by atoms with Crippen molar-refractivity contribution >= 4 is 45.2 Å². The number of rotatable bonds is 3. The van der Waals surface area contributed by atoms with E-state index in [9.17, 15) is 9.18 Å². The lowest BCUT2D eigenvalue weighted by molar-refractivity contribution is -0.147. The number of carbonyl (C=O) groups excluding carboxylic acids is 1. The minimum atomic E-state index is -0.320. The van der Waals surface area contributed by atoms with E-state index in [0.717, 1.165) is 34.2 Å². The van der Waals surface area contributed by atoms with Crippen molar-refractivity contribution in [3.8, 4) is 0 Å². The molecule has 4 heterocycles. The zero-order chi connectivity index (χ0) is 23.4. The first-order valence-electron chi connectivity index (χ1n) is 11.7. The quantitative estimate of drug-likeness (QED) is 0.608. The maximum Gasteiger partial charge on any atom is 0.226 e. The number of thiophene rings is 1. The Kier molecular flexibility index (Phi) is 5.33. The second kappa shape index (κ2) is 8.39. The van der Waals surface area contributed by atoms with Crippen LogP contribution in [0.1, 0.15) is 41.8 Å². The largest absolute Gasteiger partial charge is 0.372 e. The number of anilines is 2. The Bertz CT molecular complexity index is 1310. The molecule has 1 N–H and O–H groups in total. The summed E-state index contributed by atoms with van der Waals surface area (Å²) in [5.41, 5.74) is 3.38. The van der Waals surface area contributed by atoms with Crippen molar-refractivity contribution in [2.45, 2.75) is 51.9 Å². The Morgan fingerprint density at radius 2 is 2.06 bits per heavy atom. The second-order valence-corrected chi connectivity index (χ2v) is 10.6. The first kappa shape index (κ1) is 21.6. The third-order valence-electron chi connectivity index (χ3n) is 6.90. The number of amides is 1. The highest BCUT2D eigenvalue weighted by molar-refractivity contribution is 7.19. The van der Waals surface area contributed by atoms with Crippen molar-refractivity contribution in [3.05, 3.63) is 45.8 Å². The number of aryl methyl sites for hydroxylation is 1. The Hall–Kier alpha value is -2.91. The zero-order valence-electron chi connectivity index (χ0n) is 19.2. The molecule has 7 nitrogen and oxygen atoms in total. The van der Waals surface area contributed by atoms with Gasteiger partial charge in [0, 0.05) is 30.1 Å². The minimum absolute atomic E-state index is 0.0316. The van der Waals surface area contributed by atoms with Crippen LogP contribution in [0.25, 0.3) is 10.2 Å². The summed E-state index contributed by atoms with van der Waals surface area (Å²) in [4.78, 5) is 30.5. The van der Waals surface area contributed by atoms with E-state index in [0.29, 0.717) is 37.6 Å². The monoisotopic (exact) mass is 479 g/mol. The summed E-state index contributed by atoms with van der Waals surface area (Å²) in [6.07, 6.45) is 5.68. The lowest BCUT2D eigenvalue weighted by Gasteiger charge is -2.37. The van der Waals surface area contributed by atoms with E-state index in [-0.39, 0.29) is 29.9 Å². The summed E-state index contributed by atoms with van der Waals surface area (Å²) in [5.74, 6) is 0.476. The number of nitrogens with zero attached hydrogens (tertiary/aromatic N) is 4. The predicted molar refractivity (Wildman–Crippen MR) is 130 cm³/mol. The van der Waals surface area contributed by atoms with Gasteiger partial charge in [0.15, 0.2) is 0 Å². The molecule has 1 amide bonds. The third-order valence-corrected chi connectivity index (χ3v) is 8.06. The number of nitrogens with one attached hydrogen (secondary N) is 1. The fourth-order valence-electron chi connectivity index (χ4n) is 5.39. The van der Waals surface area contributed by atoms with Crippen molar-refractivity contribution in [3.63, 3.8) is 0 Å². The summed E-state index contributed by atoms with van der Waals surface area (Å²) < 4.78 is 20.6. The van der Waals surface area contributed by atoms with Gasteiger partial charge in [-0.3, -0.25) is 9.79 Å². The SMILES string of the molecule is C[C@@H]1CN(C(=O)[C@H]2CCc3c(sc4ncnc(Nc5cc6c(cc5F)CN=C6)c34)C2)C[C@H](C)O1. The van der Waals surface area contributed by atoms with Crippen LogP contribution in [0, 0.1) is 11.7 Å². The molecule has 0 spiro atoms. The number of morpholine rings is 1. The van der Waals surface area contributed by atoms with Crippen molar-refractivity contribution in [1.29, 1.82) is 0 Å². The van der Waals surface area contributed by atoms with Crippen LogP contribution in [-0.4, -0.2) is 52.3 Å². The van der Waals surface area contributed by atoms with Crippen molar-refractivity contribution in [2.75, 3.05) is 18.4 Å². The highest BCUT2D eigenvalue weighted by atomic mass is 32.1. The molecular formula is C25H26FN5O2S. The number of hydrogen-bond acceptors (Lipinski definition) is 7. The Balaban J connectivity index is 1.28. The maximum absolute atomic E-state index is 14.8. The molecule has 2 aromatic heterocycles. The molecule has 1 aromatic carbocycles. The number of halogens is 1. The van der Waals surface area contributed by atoms with Gasteiger partial charge in [-0.15, -0.1) is 11.3 Å². The van der Waals surface area contributed by atoms with Gasteiger partial charge in [0.1, 0.15) is 22.8 Å². The van der Waals surface area contributed by atoms with Crippen LogP contribution in [0.4, 0.5) is 15.9 Å². The standard InChI is InChI=1S/C25H26FN5O2S/c1-13-10-31(11-14(2)33-13)25(32)15-3-4-18-21(7-15)34-24-22(18)23(28-12-29-24)30-20-6-17-9-27-8-16(17)5-19(20)26/h5-6,9,12-15H,3-4,7-8,10-11H2,1-2H3,(H,28,29,30)/t13-,14+,15-/m0/s1. The van der Waals surface area contributed by atoms with Crippen molar-refractivity contribution in [2.24, 2.45) is 10.9 Å². The van der Waals surface area contributed by atoms with E-state index in [1.54, 1.807) is 23.6 Å². The topological polar surface area (TPSA) is 79.7 Å². The number of ether oxygens (including phenoxy) is 1. The Labute approximate surface area is 201 Å². The molecule has 3 aromatic rings. The Morgan fingerprint density at radius 3 is 2.88 bits per heavy atom. The molecule has 1 aliphatic carbocycles. The molecule has 1 fully saturated rings. The van der Waals surface area contributed by atoms with Gasteiger partial charge >= 0.3 is 0 Å². The summed E-state index contributed by atoms with van der Waals surface area (Å²) in [6, 6.07) is 3.32. The van der Waals surface area contributed by atoms with Gasteiger partial charge in [-0.25, -0.2) is 14.4 Å². The van der Waals surface area contributed by atoms with E-state index in [1.807, 2.05) is 18.7 Å². The van der Waals surface area contributed by atoms with Crippen molar-refractivity contribution < 1.29 is 13.9 Å². The van der Waals surface area contributed by atoms with Crippen LogP contribution in [0.15, 0.2) is 23.5 Å². The van der Waals surface area contributed by atoms with Gasteiger partial charge in [-0.2, -0.15) is 0 Å². The molecule has 0 bridgehead atoms. The maximum atomic E-state index is 14.8. The van der Waals surface area contributed by atoms with Gasteiger partial charge in [0.05, 0.1) is 29.8 Å². The van der Waals surface area contributed by atoms with Gasteiger partial charge in [-0.1, -0.05) is 0 Å². The molecule has 0 saturated carbocycles. The van der Waals surface area contributed by atoms with E-state index in [1.165, 1.54) is 22.8 Å². The molecule has 176 valence electrons. The molecule has 34 heavy (non-hydrogen) atoms. The number of fused-ring (bicyclic) bond motifs is 4. The highest BCUT2D eigenvalue weighted by Crippen LogP contribution is 2.41. The molecule has 3 aliphatic rings. The summed E-state index contributed by atoms with van der Waals surface area (Å²) in [6.45, 7) is 5.85. The van der Waals surface area contributed by atoms with Crippen LogP contribution >= 0.6 is 11.3 Å². The Morgan fingerprint density at radius 1 is 1.24 bits per heavy atom. The van der Waals surface area contributed by atoms with Crippen LogP contribution in [-0.2, 0) is 28.9 Å². The van der Waals surface area contributed by atoms with Gasteiger partial charge in [0.25, 0.3) is 0 Å². The fraction of sp³-hybridized carbons (Fsp3) is 0.440. The van der Waals surface area contributed by atoms with Crippen molar-refractivity contribution in [1.82, 2.24) is 14.9 Å². The lowest BCUT2D eigenvalue weighted by Crippen LogP contribution is -2.50. The first-order valence-corrected chi connectivity index (χ1v) is 12.6. The summed E-state index contributed by atoms with van der Waals surface area (Å²) in [5, 5.41) is 4.15. The van der Waals surface area contributed by atoms with Crippen LogP contribution < -0.4 is 5.32 Å². The van der Waals surface area contributed by atoms with Gasteiger partial charge in [0.2, 0.25) is 5.91 Å². The highest BCUT2D eigenvalue weighted by Gasteiger charge is 2.34. The average molecular weight is 480 g/mol. The molecular weight excluding hydrogens is 453 g/mol. The molecule has 2 aliphatic heterocycles. The number of aliphatic imine (C=N–C) groups is 1. The van der Waals surface area contributed by atoms with Gasteiger partial charge in [-0.05, 0) is 61.9 Å². The number of carbonyl (C=O) groups is 1. The molecule has 0 unspecified atom stereocenters. The van der Waals surface area contributed by atoms with E-state index < -0.39 is 0 Å². The summed E-state index contributed by atoms with van der Waals surface area (Å²) in [7, 11) is 0. The zero-order valence-corrected chi connectivity index (χ0v) is 20.0. The van der Waals surface area contributed by atoms with E-state index in [4.69, 9.17) is 4.74 Å². The number of benzene rings is 1. The summed E-state index contributed by atoms with van der Waals surface area (Å²) >= 11 is 1.62. The number of aromatic nitrogens is 2. The van der Waals surface area contributed by atoms with Gasteiger partial charge < -0.3 is 15.0 Å². The van der Waals surface area contributed by atoms with E-state index in [2.05, 4.69) is 20.3 Å². The lowest BCUT2D eigenvalue weighted by atomic mass is 9.86. The number of hydrogen-bond donors (Lipinski definition) is 1. The fourth-order valence-corrected chi connectivity index (χ4v) is 6.65. The first-order chi connectivity index (χ1) is 16.5. The smallest absolute Gasteiger partial charge is 0.226 e. The molecule has 0 radical (unpaired) electrons. The van der Waals surface area contributed by atoms with Crippen LogP contribution in [0.5, 0.6) is 0 Å². The second-order valence-electron chi connectivity index (χ2n) is 9.47. The van der Waals surface area contributed by atoms with Crippen LogP contribution in [0.2, 0.25) is 0 Å².